The van der Waals surface area contributed by atoms with Gasteiger partial charge in [0.25, 0.3) is 17.7 Å². The summed E-state index contributed by atoms with van der Waals surface area (Å²) in [5.41, 5.74) is 0.699. The number of benzene rings is 1. The molecule has 0 saturated carbocycles. The Bertz CT molecular complexity index is 721. The average molecular weight is 373 g/mol. The molecule has 1 aromatic carbocycles. The SMILES string of the molecule is CCCNC(=O)C[NH+]1CCN(C(=O)CN2C(=O)c3ccccc3C2=O)CC1. The van der Waals surface area contributed by atoms with Crippen molar-refractivity contribution >= 4 is 23.6 Å². The van der Waals surface area contributed by atoms with Crippen molar-refractivity contribution in [1.82, 2.24) is 15.1 Å². The minimum Gasteiger partial charge on any atom is -0.351 e. The van der Waals surface area contributed by atoms with Gasteiger partial charge in [-0.25, -0.2) is 0 Å². The van der Waals surface area contributed by atoms with Gasteiger partial charge in [-0.05, 0) is 18.6 Å². The normalized spacial score (nSPS) is 17.2. The zero-order chi connectivity index (χ0) is 19.4. The van der Waals surface area contributed by atoms with Crippen LogP contribution in [0.15, 0.2) is 24.3 Å². The van der Waals surface area contributed by atoms with E-state index in [4.69, 9.17) is 0 Å². The number of fused-ring (bicyclic) bond motifs is 1. The van der Waals surface area contributed by atoms with E-state index in [1.54, 1.807) is 29.2 Å². The van der Waals surface area contributed by atoms with Crippen molar-refractivity contribution in [2.45, 2.75) is 13.3 Å². The number of hydrogen-bond acceptors (Lipinski definition) is 4. The lowest BCUT2D eigenvalue weighted by Gasteiger charge is -2.32. The molecular formula is C19H25N4O4+. The first-order valence-electron chi connectivity index (χ1n) is 9.34. The second-order valence-electron chi connectivity index (χ2n) is 6.90. The van der Waals surface area contributed by atoms with Crippen molar-refractivity contribution in [1.29, 1.82) is 0 Å². The summed E-state index contributed by atoms with van der Waals surface area (Å²) >= 11 is 0. The predicted octanol–water partition coefficient (Wildman–Crippen LogP) is -1.46. The molecule has 0 aliphatic carbocycles. The summed E-state index contributed by atoms with van der Waals surface area (Å²) in [7, 11) is 0. The predicted molar refractivity (Wildman–Crippen MR) is 97.3 cm³/mol. The van der Waals surface area contributed by atoms with Gasteiger partial charge in [-0.1, -0.05) is 19.1 Å². The second-order valence-corrected chi connectivity index (χ2v) is 6.90. The van der Waals surface area contributed by atoms with Gasteiger partial charge in [0.1, 0.15) is 6.54 Å². The molecule has 0 unspecified atom stereocenters. The third-order valence-electron chi connectivity index (χ3n) is 4.98. The number of nitrogens with one attached hydrogen (secondary N) is 2. The number of carbonyl (C=O) groups is 4. The van der Waals surface area contributed by atoms with E-state index in [1.807, 2.05) is 6.92 Å². The number of piperazine rings is 1. The van der Waals surface area contributed by atoms with Crippen LogP contribution in [0, 0.1) is 0 Å². The molecule has 2 aliphatic rings. The van der Waals surface area contributed by atoms with Crippen molar-refractivity contribution in [3.8, 4) is 0 Å². The van der Waals surface area contributed by atoms with Crippen LogP contribution in [-0.2, 0) is 9.59 Å². The topological polar surface area (TPSA) is 91.2 Å². The van der Waals surface area contributed by atoms with Crippen LogP contribution in [0.2, 0.25) is 0 Å². The van der Waals surface area contributed by atoms with E-state index in [-0.39, 0.29) is 18.4 Å². The number of rotatable bonds is 6. The number of nitrogens with zero attached hydrogens (tertiary/aromatic N) is 2. The van der Waals surface area contributed by atoms with Gasteiger partial charge >= 0.3 is 0 Å². The highest BCUT2D eigenvalue weighted by Gasteiger charge is 2.37. The van der Waals surface area contributed by atoms with Gasteiger partial charge in [0.2, 0.25) is 5.91 Å². The Labute approximate surface area is 158 Å². The lowest BCUT2D eigenvalue weighted by atomic mass is 10.1. The van der Waals surface area contributed by atoms with Crippen LogP contribution >= 0.6 is 0 Å². The van der Waals surface area contributed by atoms with Crippen LogP contribution in [0.4, 0.5) is 0 Å². The summed E-state index contributed by atoms with van der Waals surface area (Å²) in [5.74, 6) is -1.04. The molecular weight excluding hydrogens is 348 g/mol. The third-order valence-corrected chi connectivity index (χ3v) is 4.98. The maximum Gasteiger partial charge on any atom is 0.275 e. The molecule has 8 heteroatoms. The maximum absolute atomic E-state index is 12.6. The maximum atomic E-state index is 12.6. The summed E-state index contributed by atoms with van der Waals surface area (Å²) in [4.78, 5) is 52.9. The molecule has 8 nitrogen and oxygen atoms in total. The fraction of sp³-hybridized carbons (Fsp3) is 0.474. The van der Waals surface area contributed by atoms with Crippen molar-refractivity contribution in [3.63, 3.8) is 0 Å². The van der Waals surface area contributed by atoms with E-state index in [0.717, 1.165) is 16.2 Å². The smallest absolute Gasteiger partial charge is 0.275 e. The van der Waals surface area contributed by atoms with E-state index in [9.17, 15) is 19.2 Å². The zero-order valence-electron chi connectivity index (χ0n) is 15.5. The van der Waals surface area contributed by atoms with E-state index in [0.29, 0.717) is 50.4 Å². The minimum absolute atomic E-state index is 0.0256. The van der Waals surface area contributed by atoms with Crippen molar-refractivity contribution in [2.24, 2.45) is 0 Å². The minimum atomic E-state index is -0.416. The molecule has 27 heavy (non-hydrogen) atoms. The summed E-state index contributed by atoms with van der Waals surface area (Å²) < 4.78 is 0. The van der Waals surface area contributed by atoms with Crippen LogP contribution < -0.4 is 10.2 Å². The first-order chi connectivity index (χ1) is 13.0. The molecule has 2 N–H and O–H groups in total. The quantitative estimate of drug-likeness (QED) is 0.596. The van der Waals surface area contributed by atoms with Crippen molar-refractivity contribution in [3.05, 3.63) is 35.4 Å². The van der Waals surface area contributed by atoms with Gasteiger partial charge in [0.05, 0.1) is 37.3 Å². The molecule has 2 heterocycles. The highest BCUT2D eigenvalue weighted by molar-refractivity contribution is 6.22. The van der Waals surface area contributed by atoms with Gasteiger partial charge in [0.15, 0.2) is 6.54 Å². The van der Waals surface area contributed by atoms with E-state index in [2.05, 4.69) is 5.32 Å². The molecule has 4 amide bonds. The molecule has 2 aliphatic heterocycles. The number of hydrogen-bond donors (Lipinski definition) is 2. The first kappa shape index (κ1) is 19.0. The van der Waals surface area contributed by atoms with Crippen LogP contribution in [-0.4, -0.2) is 79.2 Å². The van der Waals surface area contributed by atoms with Gasteiger partial charge in [-0.15, -0.1) is 0 Å². The fourth-order valence-electron chi connectivity index (χ4n) is 3.42. The largest absolute Gasteiger partial charge is 0.351 e. The van der Waals surface area contributed by atoms with E-state index < -0.39 is 11.8 Å². The van der Waals surface area contributed by atoms with Crippen LogP contribution in [0.1, 0.15) is 34.1 Å². The van der Waals surface area contributed by atoms with Gasteiger partial charge in [-0.2, -0.15) is 0 Å². The Balaban J connectivity index is 1.50. The molecule has 1 fully saturated rings. The average Bonchev–Trinajstić information content (AvgIpc) is 2.92. The highest BCUT2D eigenvalue weighted by atomic mass is 16.2. The molecule has 0 radical (unpaired) electrons. The molecule has 0 spiro atoms. The lowest BCUT2D eigenvalue weighted by Crippen LogP contribution is -3.15. The number of carbonyl (C=O) groups excluding carboxylic acids is 4. The zero-order valence-corrected chi connectivity index (χ0v) is 15.5. The van der Waals surface area contributed by atoms with Gasteiger partial charge < -0.3 is 15.1 Å². The fourth-order valence-corrected chi connectivity index (χ4v) is 3.42. The molecule has 144 valence electrons. The molecule has 0 aromatic heterocycles. The van der Waals surface area contributed by atoms with E-state index in [1.165, 1.54) is 0 Å². The van der Waals surface area contributed by atoms with Crippen molar-refractivity contribution < 1.29 is 24.1 Å². The number of imide groups is 1. The Morgan fingerprint density at radius 2 is 1.67 bits per heavy atom. The lowest BCUT2D eigenvalue weighted by molar-refractivity contribution is -0.896. The molecule has 3 rings (SSSR count). The Morgan fingerprint density at radius 3 is 2.22 bits per heavy atom. The Kier molecular flexibility index (Phi) is 5.85. The molecule has 1 aromatic rings. The first-order valence-corrected chi connectivity index (χ1v) is 9.34. The Hall–Kier alpha value is -2.74. The second kappa shape index (κ2) is 8.30. The van der Waals surface area contributed by atoms with Crippen LogP contribution in [0.25, 0.3) is 0 Å². The summed E-state index contributed by atoms with van der Waals surface area (Å²) in [6.07, 6.45) is 0.904. The van der Waals surface area contributed by atoms with Crippen LogP contribution in [0.5, 0.6) is 0 Å². The summed E-state index contributed by atoms with van der Waals surface area (Å²) in [6.45, 7) is 5.22. The monoisotopic (exact) mass is 373 g/mol. The van der Waals surface area contributed by atoms with Crippen LogP contribution in [0.3, 0.4) is 0 Å². The number of amides is 4. The Morgan fingerprint density at radius 1 is 1.07 bits per heavy atom. The van der Waals surface area contributed by atoms with E-state index >= 15 is 0 Å². The molecule has 0 bridgehead atoms. The summed E-state index contributed by atoms with van der Waals surface area (Å²) in [5, 5.41) is 2.86. The highest BCUT2D eigenvalue weighted by Crippen LogP contribution is 2.22. The standard InChI is InChI=1S/C19H24N4O4/c1-2-7-20-16(24)12-21-8-10-22(11-9-21)17(25)13-23-18(26)14-5-3-4-6-15(14)19(23)27/h3-6H,2,7-13H2,1H3,(H,20,24)/p+1. The van der Waals surface area contributed by atoms with Gasteiger partial charge in [-0.3, -0.25) is 24.1 Å². The van der Waals surface area contributed by atoms with Crippen molar-refractivity contribution in [2.75, 3.05) is 45.8 Å². The molecule has 0 atom stereocenters. The number of quaternary nitrogens is 1. The van der Waals surface area contributed by atoms with Gasteiger partial charge in [0, 0.05) is 6.54 Å². The summed E-state index contributed by atoms with van der Waals surface area (Å²) in [6, 6.07) is 6.61. The molecule has 1 saturated heterocycles. The third kappa shape index (κ3) is 4.16.